The molecule has 1 aliphatic rings. The molecule has 8 heteroatoms. The Kier molecular flexibility index (Phi) is 5.58. The van der Waals surface area contributed by atoms with Gasteiger partial charge in [-0.15, -0.1) is 0 Å². The Morgan fingerprint density at radius 1 is 1.21 bits per heavy atom. The van der Waals surface area contributed by atoms with Gasteiger partial charge in [0, 0.05) is 25.1 Å². The molecule has 1 amide bonds. The van der Waals surface area contributed by atoms with Gasteiger partial charge in [-0.2, -0.15) is 0 Å². The third kappa shape index (κ3) is 3.80. The Balaban J connectivity index is 1.93. The minimum Gasteiger partial charge on any atom is -0.494 e. The second-order valence-electron chi connectivity index (χ2n) is 6.54. The van der Waals surface area contributed by atoms with Crippen molar-refractivity contribution in [3.63, 3.8) is 0 Å². The number of likely N-dealkylation sites (tertiary alicyclic amines) is 1. The largest absolute Gasteiger partial charge is 0.494 e. The van der Waals surface area contributed by atoms with Gasteiger partial charge in [-0.05, 0) is 24.6 Å². The SMILES string of the molecule is CCOc1ccc([N+](=O)[O-])c(C(=O)N2CC(C(=O)O)C(c3ccccc3)C2)c1. The lowest BCUT2D eigenvalue weighted by Crippen LogP contribution is -2.30. The topological polar surface area (TPSA) is 110 Å². The number of nitro benzene ring substituents is 1. The number of carbonyl (C=O) groups is 2. The standard InChI is InChI=1S/C20H20N2O6/c1-2-28-14-8-9-18(22(26)27)15(10-14)19(23)21-11-16(17(12-21)20(24)25)13-6-4-3-5-7-13/h3-10,16-17H,2,11-12H2,1H3,(H,24,25). The van der Waals surface area contributed by atoms with E-state index >= 15 is 0 Å². The molecule has 146 valence electrons. The summed E-state index contributed by atoms with van der Waals surface area (Å²) in [5, 5.41) is 21.0. The lowest BCUT2D eigenvalue weighted by Gasteiger charge is -2.17. The fourth-order valence-corrected chi connectivity index (χ4v) is 3.53. The number of rotatable bonds is 6. The lowest BCUT2D eigenvalue weighted by atomic mass is 9.89. The number of hydrogen-bond acceptors (Lipinski definition) is 5. The molecular weight excluding hydrogens is 364 g/mol. The highest BCUT2D eigenvalue weighted by Crippen LogP contribution is 2.35. The molecule has 1 fully saturated rings. The van der Waals surface area contributed by atoms with Crippen molar-refractivity contribution in [3.8, 4) is 5.75 Å². The van der Waals surface area contributed by atoms with Crippen molar-refractivity contribution >= 4 is 17.6 Å². The normalized spacial score (nSPS) is 18.7. The van der Waals surface area contributed by atoms with Crippen LogP contribution in [0.5, 0.6) is 5.75 Å². The lowest BCUT2D eigenvalue weighted by molar-refractivity contribution is -0.385. The Hall–Kier alpha value is -3.42. The summed E-state index contributed by atoms with van der Waals surface area (Å²) in [5.74, 6) is -2.37. The van der Waals surface area contributed by atoms with Crippen LogP contribution in [0.2, 0.25) is 0 Å². The second-order valence-corrected chi connectivity index (χ2v) is 6.54. The molecular formula is C20H20N2O6. The quantitative estimate of drug-likeness (QED) is 0.606. The van der Waals surface area contributed by atoms with Gasteiger partial charge in [-0.25, -0.2) is 0 Å². The van der Waals surface area contributed by atoms with Crippen molar-refractivity contribution in [1.82, 2.24) is 4.90 Å². The van der Waals surface area contributed by atoms with E-state index in [1.54, 1.807) is 6.92 Å². The van der Waals surface area contributed by atoms with Crippen molar-refractivity contribution in [3.05, 3.63) is 69.8 Å². The Morgan fingerprint density at radius 2 is 1.93 bits per heavy atom. The van der Waals surface area contributed by atoms with Crippen LogP contribution in [-0.2, 0) is 4.79 Å². The monoisotopic (exact) mass is 384 g/mol. The zero-order chi connectivity index (χ0) is 20.3. The first-order valence-corrected chi connectivity index (χ1v) is 8.90. The van der Waals surface area contributed by atoms with E-state index in [-0.39, 0.29) is 30.3 Å². The van der Waals surface area contributed by atoms with Crippen molar-refractivity contribution in [1.29, 1.82) is 0 Å². The minimum atomic E-state index is -0.998. The highest BCUT2D eigenvalue weighted by molar-refractivity contribution is 5.99. The summed E-state index contributed by atoms with van der Waals surface area (Å²) in [7, 11) is 0. The number of nitro groups is 1. The zero-order valence-corrected chi connectivity index (χ0v) is 15.3. The third-order valence-electron chi connectivity index (χ3n) is 4.86. The molecule has 1 N–H and O–H groups in total. The molecule has 0 aromatic heterocycles. The molecule has 2 aromatic rings. The van der Waals surface area contributed by atoms with E-state index in [1.165, 1.54) is 23.1 Å². The van der Waals surface area contributed by atoms with E-state index in [1.807, 2.05) is 30.3 Å². The van der Waals surface area contributed by atoms with E-state index in [0.29, 0.717) is 12.4 Å². The highest BCUT2D eigenvalue weighted by Gasteiger charge is 2.41. The number of benzene rings is 2. The maximum atomic E-state index is 13.0. The van der Waals surface area contributed by atoms with Gasteiger partial charge in [0.2, 0.25) is 0 Å². The molecule has 28 heavy (non-hydrogen) atoms. The number of ether oxygens (including phenoxy) is 1. The van der Waals surface area contributed by atoms with Crippen LogP contribution < -0.4 is 4.74 Å². The molecule has 0 spiro atoms. The zero-order valence-electron chi connectivity index (χ0n) is 15.3. The number of carboxylic acids is 1. The molecule has 2 atom stereocenters. The van der Waals surface area contributed by atoms with Crippen molar-refractivity contribution in [2.75, 3.05) is 19.7 Å². The van der Waals surface area contributed by atoms with Crippen LogP contribution in [0.4, 0.5) is 5.69 Å². The molecule has 0 saturated carbocycles. The molecule has 3 rings (SSSR count). The molecule has 0 bridgehead atoms. The summed E-state index contributed by atoms with van der Waals surface area (Å²) in [6.45, 7) is 2.29. The number of hydrogen-bond donors (Lipinski definition) is 1. The maximum Gasteiger partial charge on any atom is 0.308 e. The minimum absolute atomic E-state index is 0.0102. The Morgan fingerprint density at radius 3 is 2.54 bits per heavy atom. The molecule has 1 heterocycles. The third-order valence-corrected chi connectivity index (χ3v) is 4.86. The molecule has 0 radical (unpaired) electrons. The Bertz CT molecular complexity index is 899. The first-order valence-electron chi connectivity index (χ1n) is 8.90. The molecule has 1 saturated heterocycles. The fraction of sp³-hybridized carbons (Fsp3) is 0.300. The van der Waals surface area contributed by atoms with Gasteiger partial charge in [0.05, 0.1) is 17.4 Å². The van der Waals surface area contributed by atoms with E-state index in [4.69, 9.17) is 4.74 Å². The average molecular weight is 384 g/mol. The predicted molar refractivity (Wildman–Crippen MR) is 100 cm³/mol. The summed E-state index contributed by atoms with van der Waals surface area (Å²) in [6, 6.07) is 13.1. The molecule has 0 aliphatic carbocycles. The number of amides is 1. The van der Waals surface area contributed by atoms with Crippen LogP contribution in [0.1, 0.15) is 28.8 Å². The maximum absolute atomic E-state index is 13.0. The fourth-order valence-electron chi connectivity index (χ4n) is 3.53. The highest BCUT2D eigenvalue weighted by atomic mass is 16.6. The predicted octanol–water partition coefficient (Wildman–Crippen LogP) is 2.93. The van der Waals surface area contributed by atoms with Crippen molar-refractivity contribution in [2.24, 2.45) is 5.92 Å². The van der Waals surface area contributed by atoms with Crippen molar-refractivity contribution in [2.45, 2.75) is 12.8 Å². The summed E-state index contributed by atoms with van der Waals surface area (Å²) in [6.07, 6.45) is 0. The number of aliphatic carboxylic acids is 1. The van der Waals surface area contributed by atoms with E-state index in [2.05, 4.69) is 0 Å². The molecule has 8 nitrogen and oxygen atoms in total. The first kappa shape index (κ1) is 19.3. The summed E-state index contributed by atoms with van der Waals surface area (Å²) < 4.78 is 5.36. The smallest absolute Gasteiger partial charge is 0.308 e. The first-order chi connectivity index (χ1) is 13.4. The molecule has 2 unspecified atom stereocenters. The summed E-state index contributed by atoms with van der Waals surface area (Å²) in [5.41, 5.74) is 0.389. The van der Waals surface area contributed by atoms with Gasteiger partial charge < -0.3 is 14.7 Å². The van der Waals surface area contributed by atoms with Crippen LogP contribution >= 0.6 is 0 Å². The number of carboxylic acid groups (broad SMARTS) is 1. The Labute approximate surface area is 161 Å². The summed E-state index contributed by atoms with van der Waals surface area (Å²) >= 11 is 0. The number of carbonyl (C=O) groups excluding carboxylic acids is 1. The van der Waals surface area contributed by atoms with Crippen LogP contribution in [-0.4, -0.2) is 46.5 Å². The van der Waals surface area contributed by atoms with Crippen molar-refractivity contribution < 1.29 is 24.4 Å². The van der Waals surface area contributed by atoms with E-state index in [0.717, 1.165) is 5.56 Å². The summed E-state index contributed by atoms with van der Waals surface area (Å²) in [4.78, 5) is 36.9. The van der Waals surface area contributed by atoms with Gasteiger partial charge in [-0.3, -0.25) is 19.7 Å². The molecule has 1 aliphatic heterocycles. The van der Waals surface area contributed by atoms with Gasteiger partial charge in [0.1, 0.15) is 11.3 Å². The van der Waals surface area contributed by atoms with Gasteiger partial charge in [-0.1, -0.05) is 30.3 Å². The van der Waals surface area contributed by atoms with Gasteiger partial charge in [0.25, 0.3) is 11.6 Å². The van der Waals surface area contributed by atoms with Gasteiger partial charge in [0.15, 0.2) is 0 Å². The van der Waals surface area contributed by atoms with Gasteiger partial charge >= 0.3 is 5.97 Å². The van der Waals surface area contributed by atoms with E-state index < -0.39 is 22.7 Å². The second kappa shape index (κ2) is 8.08. The van der Waals surface area contributed by atoms with Crippen LogP contribution in [0.25, 0.3) is 0 Å². The molecule has 2 aromatic carbocycles. The van der Waals surface area contributed by atoms with Crippen LogP contribution in [0, 0.1) is 16.0 Å². The van der Waals surface area contributed by atoms with Crippen LogP contribution in [0.3, 0.4) is 0 Å². The number of nitrogens with zero attached hydrogens (tertiary/aromatic N) is 2. The van der Waals surface area contributed by atoms with E-state index in [9.17, 15) is 24.8 Å². The average Bonchev–Trinajstić information content (AvgIpc) is 3.14. The van der Waals surface area contributed by atoms with Crippen LogP contribution in [0.15, 0.2) is 48.5 Å².